The number of rotatable bonds is 7. The number of hydrogen-bond donors (Lipinski definition) is 1. The minimum absolute atomic E-state index is 0.0335. The van der Waals surface area contributed by atoms with Crippen molar-refractivity contribution in [3.63, 3.8) is 0 Å². The summed E-state index contributed by atoms with van der Waals surface area (Å²) in [5.41, 5.74) is 0.650. The first-order chi connectivity index (χ1) is 20.6. The smallest absolute Gasteiger partial charge is 0.417 e. The van der Waals surface area contributed by atoms with Crippen LogP contribution in [0, 0.1) is 6.92 Å². The Morgan fingerprint density at radius 2 is 1.47 bits per heavy atom. The lowest BCUT2D eigenvalue weighted by Gasteiger charge is -2.14. The van der Waals surface area contributed by atoms with E-state index in [1.807, 2.05) is 34.9 Å². The van der Waals surface area contributed by atoms with Crippen molar-refractivity contribution in [3.05, 3.63) is 125 Å². The van der Waals surface area contributed by atoms with Gasteiger partial charge in [0.1, 0.15) is 5.75 Å². The highest BCUT2D eigenvalue weighted by Crippen LogP contribution is 2.34. The highest BCUT2D eigenvalue weighted by Gasteiger charge is 2.35. The fourth-order valence-electron chi connectivity index (χ4n) is 4.88. The van der Waals surface area contributed by atoms with E-state index >= 15 is 0 Å². The van der Waals surface area contributed by atoms with Gasteiger partial charge in [0.15, 0.2) is 0 Å². The first kappa shape index (κ1) is 29.1. The predicted molar refractivity (Wildman–Crippen MR) is 155 cm³/mol. The van der Waals surface area contributed by atoms with Gasteiger partial charge in [-0.15, -0.1) is 0 Å². The van der Waals surface area contributed by atoms with Gasteiger partial charge in [-0.2, -0.15) is 13.2 Å². The summed E-state index contributed by atoms with van der Waals surface area (Å²) in [6, 6.07) is 24.4. The Morgan fingerprint density at radius 3 is 2.16 bits per heavy atom. The Labute approximate surface area is 244 Å². The van der Waals surface area contributed by atoms with Crippen molar-refractivity contribution in [1.29, 1.82) is 0 Å². The molecule has 0 spiro atoms. The number of carbonyl (C=O) groups excluding carboxylic acids is 3. The predicted octanol–water partition coefficient (Wildman–Crippen LogP) is 7.61. The highest BCUT2D eigenvalue weighted by atomic mass is 19.4. The quantitative estimate of drug-likeness (QED) is 0.157. The molecule has 5 rings (SSSR count). The van der Waals surface area contributed by atoms with E-state index in [-0.39, 0.29) is 23.6 Å². The Bertz CT molecular complexity index is 1850. The van der Waals surface area contributed by atoms with Crippen LogP contribution in [0.4, 0.5) is 18.9 Å². The van der Waals surface area contributed by atoms with Gasteiger partial charge in [-0.05, 0) is 68.4 Å². The van der Waals surface area contributed by atoms with E-state index in [0.29, 0.717) is 22.2 Å². The second kappa shape index (κ2) is 11.8. The summed E-state index contributed by atoms with van der Waals surface area (Å²) < 4.78 is 53.2. The summed E-state index contributed by atoms with van der Waals surface area (Å²) in [5, 5.41) is 2.89. The minimum atomic E-state index is -4.74. The van der Waals surface area contributed by atoms with Gasteiger partial charge in [-0.3, -0.25) is 4.79 Å². The van der Waals surface area contributed by atoms with Crippen molar-refractivity contribution in [2.45, 2.75) is 20.0 Å². The molecule has 0 unspecified atom stereocenters. The van der Waals surface area contributed by atoms with Crippen LogP contribution in [0.1, 0.15) is 49.3 Å². The maximum absolute atomic E-state index is 13.5. The summed E-state index contributed by atoms with van der Waals surface area (Å²) >= 11 is 0. The van der Waals surface area contributed by atoms with Crippen LogP contribution in [-0.2, 0) is 10.9 Å². The second-order valence-electron chi connectivity index (χ2n) is 9.46. The van der Waals surface area contributed by atoms with Gasteiger partial charge in [-0.25, -0.2) is 9.59 Å². The van der Waals surface area contributed by atoms with Gasteiger partial charge in [-0.1, -0.05) is 42.5 Å². The summed E-state index contributed by atoms with van der Waals surface area (Å²) in [4.78, 5) is 39.1. The number of carbonyl (C=O) groups is 3. The van der Waals surface area contributed by atoms with Crippen molar-refractivity contribution < 1.29 is 37.0 Å². The average molecular weight is 587 g/mol. The minimum Gasteiger partial charge on any atom is -0.462 e. The molecule has 1 heterocycles. The Balaban J connectivity index is 1.48. The molecule has 10 heteroatoms. The van der Waals surface area contributed by atoms with Crippen molar-refractivity contribution in [2.24, 2.45) is 0 Å². The van der Waals surface area contributed by atoms with Gasteiger partial charge >= 0.3 is 18.1 Å². The number of fused-ring (bicyclic) bond motifs is 1. The third-order valence-corrected chi connectivity index (χ3v) is 6.75. The maximum atomic E-state index is 13.5. The van der Waals surface area contributed by atoms with E-state index in [9.17, 15) is 27.6 Å². The zero-order chi connectivity index (χ0) is 30.7. The molecule has 0 aliphatic carbocycles. The number of nitrogens with one attached hydrogen (secondary N) is 1. The molecule has 0 aliphatic rings. The van der Waals surface area contributed by atoms with E-state index in [0.717, 1.165) is 17.8 Å². The maximum Gasteiger partial charge on any atom is 0.417 e. The number of nitrogens with zero attached hydrogens (tertiary/aromatic N) is 1. The van der Waals surface area contributed by atoms with Crippen LogP contribution in [0.2, 0.25) is 0 Å². The molecule has 0 bridgehead atoms. The van der Waals surface area contributed by atoms with Gasteiger partial charge in [0.2, 0.25) is 0 Å². The summed E-state index contributed by atoms with van der Waals surface area (Å²) in [6.45, 7) is 3.66. The third kappa shape index (κ3) is 5.85. The largest absolute Gasteiger partial charge is 0.462 e. The molecule has 0 saturated carbocycles. The number of amides is 1. The molecule has 7 nitrogen and oxygen atoms in total. The second-order valence-corrected chi connectivity index (χ2v) is 9.46. The van der Waals surface area contributed by atoms with E-state index in [4.69, 9.17) is 9.47 Å². The van der Waals surface area contributed by atoms with Crippen LogP contribution in [0.5, 0.6) is 5.75 Å². The Morgan fingerprint density at radius 1 is 0.814 bits per heavy atom. The van der Waals surface area contributed by atoms with Crippen molar-refractivity contribution in [1.82, 2.24) is 4.57 Å². The standard InChI is InChI=1S/C33H25F3N2O5/c1-3-42-32(41)29-20(2)38(21-11-5-4-6-12-21)28-18-17-22(19-25(28)29)43-31(40)24-14-8-10-16-27(24)37-30(39)23-13-7-9-15-26(23)33(34,35)36/h4-19H,3H2,1-2H3,(H,37,39). The van der Waals surface area contributed by atoms with E-state index in [1.165, 1.54) is 36.4 Å². The molecule has 43 heavy (non-hydrogen) atoms. The number of benzene rings is 4. The van der Waals surface area contributed by atoms with E-state index in [1.54, 1.807) is 32.0 Å². The van der Waals surface area contributed by atoms with Crippen LogP contribution in [0.25, 0.3) is 16.6 Å². The lowest BCUT2D eigenvalue weighted by atomic mass is 10.1. The summed E-state index contributed by atoms with van der Waals surface area (Å²) in [6.07, 6.45) is -4.74. The molecule has 0 radical (unpaired) electrons. The molecule has 1 N–H and O–H groups in total. The van der Waals surface area contributed by atoms with Gasteiger partial charge < -0.3 is 19.4 Å². The number of aromatic nitrogens is 1. The first-order valence-corrected chi connectivity index (χ1v) is 13.3. The third-order valence-electron chi connectivity index (χ3n) is 6.75. The lowest BCUT2D eigenvalue weighted by Crippen LogP contribution is -2.20. The topological polar surface area (TPSA) is 86.6 Å². The number of anilines is 1. The molecule has 4 aromatic carbocycles. The van der Waals surface area contributed by atoms with Crippen LogP contribution >= 0.6 is 0 Å². The van der Waals surface area contributed by atoms with Crippen molar-refractivity contribution in [2.75, 3.05) is 11.9 Å². The Kier molecular flexibility index (Phi) is 8.03. The van der Waals surface area contributed by atoms with Crippen LogP contribution < -0.4 is 10.1 Å². The number of ether oxygens (including phenoxy) is 2. The molecule has 0 aliphatic heterocycles. The van der Waals surface area contributed by atoms with Crippen LogP contribution in [-0.4, -0.2) is 29.0 Å². The number of alkyl halides is 3. The normalized spacial score (nSPS) is 11.3. The summed E-state index contributed by atoms with van der Waals surface area (Å²) in [5.74, 6) is -2.32. The molecular formula is C33H25F3N2O5. The number of hydrogen-bond acceptors (Lipinski definition) is 5. The molecule has 1 aromatic heterocycles. The van der Waals surface area contributed by atoms with Gasteiger partial charge in [0, 0.05) is 16.8 Å². The molecule has 0 saturated heterocycles. The van der Waals surface area contributed by atoms with E-state index < -0.39 is 35.1 Å². The fourth-order valence-corrected chi connectivity index (χ4v) is 4.88. The zero-order valence-corrected chi connectivity index (χ0v) is 23.1. The lowest BCUT2D eigenvalue weighted by molar-refractivity contribution is -0.137. The van der Waals surface area contributed by atoms with E-state index in [2.05, 4.69) is 5.32 Å². The molecule has 1 amide bonds. The average Bonchev–Trinajstić information content (AvgIpc) is 3.28. The van der Waals surface area contributed by atoms with Crippen molar-refractivity contribution in [3.8, 4) is 11.4 Å². The fraction of sp³-hybridized carbons (Fsp3) is 0.121. The molecule has 5 aromatic rings. The van der Waals surface area contributed by atoms with Gasteiger partial charge in [0.05, 0.1) is 40.1 Å². The number of halogens is 3. The van der Waals surface area contributed by atoms with Crippen molar-refractivity contribution >= 4 is 34.4 Å². The monoisotopic (exact) mass is 586 g/mol. The molecule has 0 atom stereocenters. The Hall–Kier alpha value is -5.38. The molecular weight excluding hydrogens is 561 g/mol. The van der Waals surface area contributed by atoms with Gasteiger partial charge in [0.25, 0.3) is 5.91 Å². The summed E-state index contributed by atoms with van der Waals surface area (Å²) in [7, 11) is 0. The van der Waals surface area contributed by atoms with Crippen LogP contribution in [0.15, 0.2) is 97.1 Å². The molecule has 0 fully saturated rings. The first-order valence-electron chi connectivity index (χ1n) is 13.3. The number of para-hydroxylation sites is 2. The highest BCUT2D eigenvalue weighted by molar-refractivity contribution is 6.10. The SMILES string of the molecule is CCOC(=O)c1c(C)n(-c2ccccc2)c2ccc(OC(=O)c3ccccc3NC(=O)c3ccccc3C(F)(F)F)cc12. The number of esters is 2. The van der Waals surface area contributed by atoms with Crippen LogP contribution in [0.3, 0.4) is 0 Å². The molecule has 218 valence electrons. The zero-order valence-electron chi connectivity index (χ0n) is 23.1.